The molecule has 2 fully saturated rings. The number of rotatable bonds is 6. The molecule has 3 rings (SSSR count). The summed E-state index contributed by atoms with van der Waals surface area (Å²) < 4.78 is 0. The molecule has 1 saturated carbocycles. The Morgan fingerprint density at radius 2 is 1.80 bits per heavy atom. The van der Waals surface area contributed by atoms with Crippen LogP contribution in [0.25, 0.3) is 0 Å². The Kier molecular flexibility index (Phi) is 5.90. The third-order valence-electron chi connectivity index (χ3n) is 5.12. The molecule has 4 nitrogen and oxygen atoms in total. The van der Waals surface area contributed by atoms with Gasteiger partial charge in [-0.3, -0.25) is 9.59 Å². The largest absolute Gasteiger partial charge is 0.353 e. The summed E-state index contributed by atoms with van der Waals surface area (Å²) in [4.78, 5) is 26.4. The minimum Gasteiger partial charge on any atom is -0.353 e. The summed E-state index contributed by atoms with van der Waals surface area (Å²) in [7, 11) is 0. The van der Waals surface area contributed by atoms with Gasteiger partial charge in [0.25, 0.3) is 0 Å². The van der Waals surface area contributed by atoms with Gasteiger partial charge in [-0.15, -0.1) is 0 Å². The van der Waals surface area contributed by atoms with Crippen molar-refractivity contribution in [2.24, 2.45) is 5.92 Å². The van der Waals surface area contributed by atoms with Crippen molar-refractivity contribution < 1.29 is 9.59 Å². The smallest absolute Gasteiger partial charge is 0.246 e. The molecule has 2 amide bonds. The molecule has 1 heterocycles. The van der Waals surface area contributed by atoms with Crippen molar-refractivity contribution >= 4 is 11.8 Å². The second-order valence-corrected chi connectivity index (χ2v) is 7.36. The molecule has 1 aromatic carbocycles. The van der Waals surface area contributed by atoms with Crippen LogP contribution in [-0.4, -0.2) is 35.8 Å². The summed E-state index contributed by atoms with van der Waals surface area (Å²) in [5.74, 6) is 0.351. The number of carbonyl (C=O) groups excluding carboxylic acids is 2. The first-order valence-corrected chi connectivity index (χ1v) is 9.42. The molecular weight excluding hydrogens is 312 g/mol. The highest BCUT2D eigenvalue weighted by atomic mass is 16.2. The molecule has 1 aliphatic heterocycles. The second-order valence-electron chi connectivity index (χ2n) is 7.36. The maximum Gasteiger partial charge on any atom is 0.246 e. The average molecular weight is 340 g/mol. The quantitative estimate of drug-likeness (QED) is 0.809. The van der Waals surface area contributed by atoms with E-state index in [9.17, 15) is 9.59 Å². The molecule has 2 aliphatic rings. The molecule has 1 aliphatic carbocycles. The molecule has 4 heteroatoms. The number of carbonyl (C=O) groups is 2. The van der Waals surface area contributed by atoms with E-state index in [4.69, 9.17) is 0 Å². The van der Waals surface area contributed by atoms with Crippen molar-refractivity contribution in [1.29, 1.82) is 0 Å². The highest BCUT2D eigenvalue weighted by Crippen LogP contribution is 2.23. The predicted octanol–water partition coefficient (Wildman–Crippen LogP) is 3.08. The lowest BCUT2D eigenvalue weighted by atomic mass is 9.95. The lowest BCUT2D eigenvalue weighted by molar-refractivity contribution is -0.132. The van der Waals surface area contributed by atoms with Gasteiger partial charge in [-0.1, -0.05) is 35.9 Å². The van der Waals surface area contributed by atoms with Crippen molar-refractivity contribution in [3.05, 3.63) is 47.5 Å². The summed E-state index contributed by atoms with van der Waals surface area (Å²) in [6, 6.07) is 10.8. The van der Waals surface area contributed by atoms with Gasteiger partial charge >= 0.3 is 0 Å². The first-order valence-electron chi connectivity index (χ1n) is 9.42. The third-order valence-corrected chi connectivity index (χ3v) is 5.12. The summed E-state index contributed by atoms with van der Waals surface area (Å²) in [6.45, 7) is 3.39. The summed E-state index contributed by atoms with van der Waals surface area (Å²) in [5, 5.41) is 3.08. The number of hydrogen-bond donors (Lipinski definition) is 1. The molecule has 0 bridgehead atoms. The van der Waals surface area contributed by atoms with E-state index >= 15 is 0 Å². The van der Waals surface area contributed by atoms with Crippen LogP contribution in [-0.2, 0) is 16.0 Å². The van der Waals surface area contributed by atoms with Gasteiger partial charge < -0.3 is 10.2 Å². The zero-order chi connectivity index (χ0) is 17.6. The van der Waals surface area contributed by atoms with Crippen LogP contribution in [0.5, 0.6) is 0 Å². The number of allylic oxidation sites excluding steroid dienone is 1. The lowest BCUT2D eigenvalue weighted by Gasteiger charge is -2.30. The molecule has 1 aromatic rings. The number of amides is 2. The number of benzene rings is 1. The summed E-state index contributed by atoms with van der Waals surface area (Å²) in [6.07, 6.45) is 7.43. The molecule has 0 atom stereocenters. The third kappa shape index (κ3) is 5.45. The van der Waals surface area contributed by atoms with Gasteiger partial charge in [-0.2, -0.15) is 0 Å². The Balaban J connectivity index is 1.42. The maximum absolute atomic E-state index is 12.4. The van der Waals surface area contributed by atoms with E-state index in [0.717, 1.165) is 44.1 Å². The van der Waals surface area contributed by atoms with Crippen LogP contribution in [0.15, 0.2) is 42.0 Å². The normalized spacial score (nSPS) is 18.9. The minimum absolute atomic E-state index is 0.0767. The maximum atomic E-state index is 12.4. The fourth-order valence-corrected chi connectivity index (χ4v) is 3.27. The number of nitrogens with zero attached hydrogens (tertiary/aromatic N) is 1. The minimum atomic E-state index is 0.0767. The second kappa shape index (κ2) is 8.32. The van der Waals surface area contributed by atoms with Gasteiger partial charge in [0.05, 0.1) is 0 Å². The van der Waals surface area contributed by atoms with E-state index in [1.54, 1.807) is 6.08 Å². The lowest BCUT2D eigenvalue weighted by Crippen LogP contribution is -2.43. The summed E-state index contributed by atoms with van der Waals surface area (Å²) in [5.41, 5.74) is 2.41. The Bertz CT molecular complexity index is 627. The van der Waals surface area contributed by atoms with E-state index in [1.165, 1.54) is 5.56 Å². The van der Waals surface area contributed by atoms with E-state index in [2.05, 4.69) is 17.4 Å². The van der Waals surface area contributed by atoms with Crippen molar-refractivity contribution in [1.82, 2.24) is 10.2 Å². The standard InChI is InChI=1S/C21H28N2O2/c1-16(7-8-17-5-3-2-4-6-17)15-20(24)23-13-11-18(12-14-23)21(25)22-19-9-10-19/h2-6,15,18-19H,7-14H2,1H3,(H,22,25)/b16-15+. The van der Waals surface area contributed by atoms with Crippen molar-refractivity contribution in [2.75, 3.05) is 13.1 Å². The molecule has 25 heavy (non-hydrogen) atoms. The van der Waals surface area contributed by atoms with E-state index < -0.39 is 0 Å². The SMILES string of the molecule is C/C(=C\C(=O)N1CCC(C(=O)NC2CC2)CC1)CCc1ccccc1. The molecule has 0 unspecified atom stereocenters. The Hall–Kier alpha value is -2.10. The molecule has 1 saturated heterocycles. The molecular formula is C21H28N2O2. The number of nitrogens with one attached hydrogen (secondary N) is 1. The van der Waals surface area contributed by atoms with Gasteiger partial charge in [0.15, 0.2) is 0 Å². The zero-order valence-electron chi connectivity index (χ0n) is 15.0. The van der Waals surface area contributed by atoms with Crippen LogP contribution >= 0.6 is 0 Å². The fraction of sp³-hybridized carbons (Fsp3) is 0.524. The molecule has 0 spiro atoms. The van der Waals surface area contributed by atoms with Crippen molar-refractivity contribution in [3.63, 3.8) is 0 Å². The van der Waals surface area contributed by atoms with Crippen LogP contribution in [0.3, 0.4) is 0 Å². The molecule has 1 N–H and O–H groups in total. The van der Waals surface area contributed by atoms with Gasteiger partial charge in [0.2, 0.25) is 11.8 Å². The Morgan fingerprint density at radius 3 is 2.44 bits per heavy atom. The number of aryl methyl sites for hydroxylation is 1. The van der Waals surface area contributed by atoms with E-state index in [-0.39, 0.29) is 17.7 Å². The van der Waals surface area contributed by atoms with Gasteiger partial charge in [-0.05, 0) is 51.0 Å². The molecule has 0 radical (unpaired) electrons. The average Bonchev–Trinajstić information content (AvgIpc) is 3.45. The monoisotopic (exact) mass is 340 g/mol. The van der Waals surface area contributed by atoms with Crippen LogP contribution in [0, 0.1) is 5.92 Å². The number of hydrogen-bond acceptors (Lipinski definition) is 2. The van der Waals surface area contributed by atoms with Crippen LogP contribution < -0.4 is 5.32 Å². The summed E-state index contributed by atoms with van der Waals surface area (Å²) >= 11 is 0. The molecule has 0 aromatic heterocycles. The van der Waals surface area contributed by atoms with Crippen molar-refractivity contribution in [3.8, 4) is 0 Å². The highest BCUT2D eigenvalue weighted by molar-refractivity contribution is 5.88. The zero-order valence-corrected chi connectivity index (χ0v) is 15.0. The van der Waals surface area contributed by atoms with Crippen molar-refractivity contribution in [2.45, 2.75) is 51.5 Å². The van der Waals surface area contributed by atoms with E-state index in [0.29, 0.717) is 19.1 Å². The molecule has 134 valence electrons. The first-order chi connectivity index (χ1) is 12.1. The Labute approximate surface area is 150 Å². The van der Waals surface area contributed by atoms with Gasteiger partial charge in [-0.25, -0.2) is 0 Å². The predicted molar refractivity (Wildman–Crippen MR) is 99.0 cm³/mol. The van der Waals surface area contributed by atoms with Crippen LogP contribution in [0.1, 0.15) is 44.6 Å². The first kappa shape index (κ1) is 17.7. The topological polar surface area (TPSA) is 49.4 Å². The fourth-order valence-electron chi connectivity index (χ4n) is 3.27. The van der Waals surface area contributed by atoms with Gasteiger partial charge in [0, 0.05) is 31.1 Å². The Morgan fingerprint density at radius 1 is 1.12 bits per heavy atom. The number of piperidine rings is 1. The van der Waals surface area contributed by atoms with Gasteiger partial charge in [0.1, 0.15) is 0 Å². The van der Waals surface area contributed by atoms with Crippen LogP contribution in [0.2, 0.25) is 0 Å². The van der Waals surface area contributed by atoms with Crippen LogP contribution in [0.4, 0.5) is 0 Å². The highest BCUT2D eigenvalue weighted by Gasteiger charge is 2.30. The number of likely N-dealkylation sites (tertiary alicyclic amines) is 1. The van der Waals surface area contributed by atoms with E-state index in [1.807, 2.05) is 30.0 Å².